The molecule has 7 nitrogen and oxygen atoms in total. The summed E-state index contributed by atoms with van der Waals surface area (Å²) >= 11 is 7.46. The van der Waals surface area contributed by atoms with Crippen LogP contribution in [0.2, 0.25) is 5.02 Å². The molecule has 0 aliphatic carbocycles. The molecule has 0 saturated carbocycles. The van der Waals surface area contributed by atoms with Crippen LogP contribution in [0.25, 0.3) is 0 Å². The van der Waals surface area contributed by atoms with Gasteiger partial charge in [-0.15, -0.1) is 11.8 Å². The molecule has 2 aromatic carbocycles. The molecule has 0 aliphatic heterocycles. The zero-order valence-electron chi connectivity index (χ0n) is 14.8. The van der Waals surface area contributed by atoms with Crippen LogP contribution < -0.4 is 11.5 Å². The maximum atomic E-state index is 12.2. The van der Waals surface area contributed by atoms with E-state index in [2.05, 4.69) is 15.0 Å². The molecule has 0 radical (unpaired) electrons. The van der Waals surface area contributed by atoms with Gasteiger partial charge in [-0.1, -0.05) is 54.1 Å². The van der Waals surface area contributed by atoms with Crippen molar-refractivity contribution in [2.45, 2.75) is 11.9 Å². The Balaban J connectivity index is 1.64. The van der Waals surface area contributed by atoms with Crippen LogP contribution >= 0.6 is 23.4 Å². The lowest BCUT2D eigenvalue weighted by molar-refractivity contribution is -0.141. The van der Waals surface area contributed by atoms with E-state index in [9.17, 15) is 4.79 Å². The van der Waals surface area contributed by atoms with Crippen LogP contribution in [0.1, 0.15) is 22.2 Å². The first kappa shape index (κ1) is 19.9. The molecule has 0 bridgehead atoms. The Kier molecular flexibility index (Phi) is 6.67. The third-order valence-corrected chi connectivity index (χ3v) is 5.25. The van der Waals surface area contributed by atoms with E-state index < -0.39 is 5.97 Å². The fourth-order valence-corrected chi connectivity index (χ4v) is 3.72. The summed E-state index contributed by atoms with van der Waals surface area (Å²) in [6.07, 6.45) is 0. The van der Waals surface area contributed by atoms with E-state index in [0.29, 0.717) is 5.02 Å². The van der Waals surface area contributed by atoms with Crippen LogP contribution in [0.4, 0.5) is 11.9 Å². The van der Waals surface area contributed by atoms with Crippen molar-refractivity contribution in [3.8, 4) is 0 Å². The molecule has 0 saturated heterocycles. The normalized spacial score (nSPS) is 11.8. The zero-order chi connectivity index (χ0) is 19.9. The molecule has 0 unspecified atom stereocenters. The second-order valence-corrected chi connectivity index (χ2v) is 7.31. The van der Waals surface area contributed by atoms with Gasteiger partial charge in [-0.05, 0) is 23.3 Å². The molecule has 0 amide bonds. The number of halogens is 1. The summed E-state index contributed by atoms with van der Waals surface area (Å²) < 4.78 is 5.23. The minimum Gasteiger partial charge on any atom is -0.457 e. The number of hydrogen-bond acceptors (Lipinski definition) is 8. The highest BCUT2D eigenvalue weighted by atomic mass is 35.5. The zero-order valence-corrected chi connectivity index (χ0v) is 16.4. The molecule has 1 aromatic heterocycles. The third kappa shape index (κ3) is 5.58. The van der Waals surface area contributed by atoms with Gasteiger partial charge in [0.1, 0.15) is 0 Å². The maximum Gasteiger partial charge on any atom is 0.316 e. The summed E-state index contributed by atoms with van der Waals surface area (Å²) in [6, 6.07) is 17.5. The highest BCUT2D eigenvalue weighted by Crippen LogP contribution is 2.36. The van der Waals surface area contributed by atoms with Gasteiger partial charge in [0, 0.05) is 5.02 Å². The van der Waals surface area contributed by atoms with Gasteiger partial charge >= 0.3 is 5.97 Å². The van der Waals surface area contributed by atoms with Gasteiger partial charge in [0.2, 0.25) is 11.9 Å². The van der Waals surface area contributed by atoms with Gasteiger partial charge < -0.3 is 16.2 Å². The molecule has 0 fully saturated rings. The fraction of sp³-hybridized carbons (Fsp3) is 0.158. The highest BCUT2D eigenvalue weighted by molar-refractivity contribution is 8.00. The largest absolute Gasteiger partial charge is 0.457 e. The Bertz CT molecular complexity index is 921. The van der Waals surface area contributed by atoms with Gasteiger partial charge in [-0.2, -0.15) is 15.0 Å². The van der Waals surface area contributed by atoms with E-state index in [-0.39, 0.29) is 35.3 Å². The molecule has 9 heteroatoms. The van der Waals surface area contributed by atoms with Crippen molar-refractivity contribution in [3.05, 3.63) is 76.6 Å². The van der Waals surface area contributed by atoms with Crippen molar-refractivity contribution in [1.29, 1.82) is 0 Å². The molecule has 1 atom stereocenters. The predicted molar refractivity (Wildman–Crippen MR) is 111 cm³/mol. The number of hydrogen-bond donors (Lipinski definition) is 2. The highest BCUT2D eigenvalue weighted by Gasteiger charge is 2.17. The van der Waals surface area contributed by atoms with E-state index in [4.69, 9.17) is 27.8 Å². The van der Waals surface area contributed by atoms with Crippen molar-refractivity contribution in [2.75, 3.05) is 17.2 Å². The van der Waals surface area contributed by atoms with Crippen molar-refractivity contribution < 1.29 is 9.53 Å². The maximum absolute atomic E-state index is 12.2. The van der Waals surface area contributed by atoms with Crippen molar-refractivity contribution in [2.24, 2.45) is 0 Å². The van der Waals surface area contributed by atoms with E-state index in [1.165, 1.54) is 11.8 Å². The third-order valence-electron chi connectivity index (χ3n) is 3.72. The average molecular weight is 416 g/mol. The summed E-state index contributed by atoms with van der Waals surface area (Å²) in [5, 5.41) is 0.630. The van der Waals surface area contributed by atoms with Crippen LogP contribution in [0.3, 0.4) is 0 Å². The summed E-state index contributed by atoms with van der Waals surface area (Å²) in [5.41, 5.74) is 13.1. The molecule has 3 rings (SSSR count). The van der Waals surface area contributed by atoms with Crippen LogP contribution in [0.5, 0.6) is 0 Å². The quantitative estimate of drug-likeness (QED) is 0.564. The molecule has 0 spiro atoms. The number of nitrogens with zero attached hydrogens (tertiary/aromatic N) is 3. The van der Waals surface area contributed by atoms with Crippen LogP contribution in [-0.4, -0.2) is 26.7 Å². The SMILES string of the molecule is Nc1nc(N)nc(COC(=O)CS[C@H](c2ccccc2)c2ccc(Cl)cc2)n1. The summed E-state index contributed by atoms with van der Waals surface area (Å²) in [7, 11) is 0. The number of nitrogens with two attached hydrogens (primary N) is 2. The number of nitrogen functional groups attached to an aromatic ring is 2. The van der Waals surface area contributed by atoms with E-state index in [1.54, 1.807) is 0 Å². The molecule has 1 heterocycles. The molecular weight excluding hydrogens is 398 g/mol. The van der Waals surface area contributed by atoms with E-state index in [1.807, 2.05) is 54.6 Å². The molecule has 4 N–H and O–H groups in total. The Labute approximate surface area is 171 Å². The number of benzene rings is 2. The predicted octanol–water partition coefficient (Wildman–Crippen LogP) is 3.26. The van der Waals surface area contributed by atoms with Gasteiger partial charge in [-0.3, -0.25) is 4.79 Å². The summed E-state index contributed by atoms with van der Waals surface area (Å²) in [4.78, 5) is 23.7. The molecule has 144 valence electrons. The van der Waals surface area contributed by atoms with Crippen LogP contribution in [-0.2, 0) is 16.1 Å². The molecule has 28 heavy (non-hydrogen) atoms. The Hall–Kier alpha value is -2.84. The van der Waals surface area contributed by atoms with Gasteiger partial charge in [0.15, 0.2) is 12.4 Å². The number of carbonyl (C=O) groups excluding carboxylic acids is 1. The summed E-state index contributed by atoms with van der Waals surface area (Å²) in [5.74, 6) is -0.0594. The lowest BCUT2D eigenvalue weighted by Gasteiger charge is -2.17. The Morgan fingerprint density at radius 3 is 2.21 bits per heavy atom. The standard InChI is InChI=1S/C19H18ClN5O2S/c20-14-8-6-13(7-9-14)17(12-4-2-1-3-5-12)28-11-16(26)27-10-15-23-18(21)25-19(22)24-15/h1-9,17H,10-11H2,(H4,21,22,23,24,25)/t17-/m1/s1. The van der Waals surface area contributed by atoms with Crippen LogP contribution in [0, 0.1) is 0 Å². The number of aromatic nitrogens is 3. The van der Waals surface area contributed by atoms with Crippen molar-refractivity contribution in [1.82, 2.24) is 15.0 Å². The number of ether oxygens (including phenoxy) is 1. The number of carbonyl (C=O) groups is 1. The van der Waals surface area contributed by atoms with E-state index >= 15 is 0 Å². The fourth-order valence-electron chi connectivity index (χ4n) is 2.51. The topological polar surface area (TPSA) is 117 Å². The molecular formula is C19H18ClN5O2S. The minimum atomic E-state index is -0.391. The summed E-state index contributed by atoms with van der Waals surface area (Å²) in [6.45, 7) is -0.118. The Morgan fingerprint density at radius 2 is 1.57 bits per heavy atom. The van der Waals surface area contributed by atoms with E-state index in [0.717, 1.165) is 11.1 Å². The number of anilines is 2. The lowest BCUT2D eigenvalue weighted by atomic mass is 10.0. The minimum absolute atomic E-state index is 0.0141. The second-order valence-electron chi connectivity index (χ2n) is 5.78. The smallest absolute Gasteiger partial charge is 0.316 e. The average Bonchev–Trinajstić information content (AvgIpc) is 2.68. The lowest BCUT2D eigenvalue weighted by Crippen LogP contribution is -2.13. The first-order valence-corrected chi connectivity index (χ1v) is 9.77. The van der Waals surface area contributed by atoms with Gasteiger partial charge in [-0.25, -0.2) is 0 Å². The molecule has 3 aromatic rings. The number of thioether (sulfide) groups is 1. The van der Waals surface area contributed by atoms with Crippen molar-refractivity contribution >= 4 is 41.2 Å². The van der Waals surface area contributed by atoms with Crippen LogP contribution in [0.15, 0.2) is 54.6 Å². The second kappa shape index (κ2) is 9.38. The molecule has 0 aliphatic rings. The first-order valence-electron chi connectivity index (χ1n) is 8.35. The monoisotopic (exact) mass is 415 g/mol. The van der Waals surface area contributed by atoms with Gasteiger partial charge in [0.05, 0.1) is 11.0 Å². The first-order chi connectivity index (χ1) is 13.5. The number of esters is 1. The Morgan fingerprint density at radius 1 is 0.964 bits per heavy atom. The van der Waals surface area contributed by atoms with Crippen molar-refractivity contribution in [3.63, 3.8) is 0 Å². The van der Waals surface area contributed by atoms with Gasteiger partial charge in [0.25, 0.3) is 0 Å². The number of rotatable bonds is 7.